The number of carboxylic acids is 1. The van der Waals surface area contributed by atoms with Gasteiger partial charge < -0.3 is 9.84 Å². The van der Waals surface area contributed by atoms with E-state index in [0.29, 0.717) is 25.4 Å². The van der Waals surface area contributed by atoms with Crippen LogP contribution in [0.5, 0.6) is 0 Å². The molecule has 1 N–H and O–H groups in total. The first kappa shape index (κ1) is 12.7. The van der Waals surface area contributed by atoms with Crippen LogP contribution in [-0.4, -0.2) is 33.6 Å². The first-order valence-electron chi connectivity index (χ1n) is 7.02. The minimum absolute atomic E-state index is 0.116. The van der Waals surface area contributed by atoms with Gasteiger partial charge in [0.2, 0.25) is 0 Å². The van der Waals surface area contributed by atoms with Gasteiger partial charge in [0.1, 0.15) is 5.41 Å². The summed E-state index contributed by atoms with van der Waals surface area (Å²) in [7, 11) is 0. The van der Waals surface area contributed by atoms with E-state index in [0.717, 1.165) is 24.9 Å². The fourth-order valence-electron chi connectivity index (χ4n) is 3.18. The average Bonchev–Trinajstić information content (AvgIpc) is 2.98. The van der Waals surface area contributed by atoms with Crippen LogP contribution in [0.3, 0.4) is 0 Å². The maximum absolute atomic E-state index is 11.8. The molecule has 1 aromatic rings. The lowest BCUT2D eigenvalue weighted by atomic mass is 9.74. The Morgan fingerprint density at radius 1 is 1.63 bits per heavy atom. The van der Waals surface area contributed by atoms with Crippen molar-refractivity contribution in [1.82, 2.24) is 9.78 Å². The Kier molecular flexibility index (Phi) is 3.09. The Morgan fingerprint density at radius 2 is 2.42 bits per heavy atom. The van der Waals surface area contributed by atoms with Gasteiger partial charge in [0.05, 0.1) is 12.3 Å². The van der Waals surface area contributed by atoms with Gasteiger partial charge in [-0.1, -0.05) is 0 Å². The van der Waals surface area contributed by atoms with Gasteiger partial charge in [-0.3, -0.25) is 9.48 Å². The third-order valence-electron chi connectivity index (χ3n) is 4.40. The number of aliphatic carboxylic acids is 1. The molecule has 2 fully saturated rings. The molecule has 5 heteroatoms. The van der Waals surface area contributed by atoms with Gasteiger partial charge in [0.25, 0.3) is 0 Å². The average molecular weight is 264 g/mol. The molecule has 2 aliphatic rings. The van der Waals surface area contributed by atoms with E-state index in [9.17, 15) is 9.90 Å². The van der Waals surface area contributed by atoms with E-state index >= 15 is 0 Å². The summed E-state index contributed by atoms with van der Waals surface area (Å²) in [5.41, 5.74) is 0.253. The number of carboxylic acid groups (broad SMARTS) is 1. The van der Waals surface area contributed by atoms with Crippen LogP contribution in [0.25, 0.3) is 0 Å². The van der Waals surface area contributed by atoms with Gasteiger partial charge in [0.15, 0.2) is 0 Å². The Hall–Kier alpha value is -1.36. The highest BCUT2D eigenvalue weighted by atomic mass is 16.5. The van der Waals surface area contributed by atoms with Crippen molar-refractivity contribution in [1.29, 1.82) is 0 Å². The molecule has 0 bridgehead atoms. The highest BCUT2D eigenvalue weighted by Crippen LogP contribution is 2.49. The number of carbonyl (C=O) groups is 1. The standard InChI is InChI=1S/C14H20N2O3/c1-2-16-9-10(8-15-16)7-14(13(17)18)5-6-19-12(14)11-3-4-11/h8-9,11-12H,2-7H2,1H3,(H,17,18). The minimum atomic E-state index is -0.747. The molecule has 1 aliphatic heterocycles. The van der Waals surface area contributed by atoms with E-state index < -0.39 is 11.4 Å². The topological polar surface area (TPSA) is 64.4 Å². The van der Waals surface area contributed by atoms with E-state index in [1.807, 2.05) is 17.8 Å². The van der Waals surface area contributed by atoms with Crippen LogP contribution in [0.2, 0.25) is 0 Å². The summed E-state index contributed by atoms with van der Waals surface area (Å²) >= 11 is 0. The monoisotopic (exact) mass is 264 g/mol. The van der Waals surface area contributed by atoms with Crippen molar-refractivity contribution in [3.63, 3.8) is 0 Å². The van der Waals surface area contributed by atoms with Crippen molar-refractivity contribution in [2.24, 2.45) is 11.3 Å². The van der Waals surface area contributed by atoms with Gasteiger partial charge >= 0.3 is 5.97 Å². The van der Waals surface area contributed by atoms with Crippen molar-refractivity contribution in [3.8, 4) is 0 Å². The smallest absolute Gasteiger partial charge is 0.312 e. The maximum atomic E-state index is 11.8. The Balaban J connectivity index is 1.85. The number of nitrogens with zero attached hydrogens (tertiary/aromatic N) is 2. The third kappa shape index (κ3) is 2.16. The lowest BCUT2D eigenvalue weighted by Crippen LogP contribution is -2.42. The number of rotatable bonds is 5. The first-order valence-corrected chi connectivity index (χ1v) is 7.02. The predicted octanol–water partition coefficient (Wildman–Crippen LogP) is 1.72. The second-order valence-electron chi connectivity index (χ2n) is 5.72. The number of aromatic nitrogens is 2. The Bertz CT molecular complexity index is 481. The summed E-state index contributed by atoms with van der Waals surface area (Å²) in [4.78, 5) is 11.8. The molecule has 1 saturated carbocycles. The quantitative estimate of drug-likeness (QED) is 0.879. The number of aryl methyl sites for hydroxylation is 1. The van der Waals surface area contributed by atoms with Crippen molar-refractivity contribution < 1.29 is 14.6 Å². The van der Waals surface area contributed by atoms with Gasteiger partial charge in [0, 0.05) is 19.3 Å². The van der Waals surface area contributed by atoms with Crippen molar-refractivity contribution in [2.75, 3.05) is 6.61 Å². The van der Waals surface area contributed by atoms with E-state index in [1.165, 1.54) is 0 Å². The molecular formula is C14H20N2O3. The molecule has 3 rings (SSSR count). The first-order chi connectivity index (χ1) is 9.15. The highest BCUT2D eigenvalue weighted by Gasteiger charge is 2.55. The van der Waals surface area contributed by atoms with Crippen molar-refractivity contribution in [3.05, 3.63) is 18.0 Å². The zero-order chi connectivity index (χ0) is 13.5. The van der Waals surface area contributed by atoms with Crippen LogP contribution < -0.4 is 0 Å². The molecule has 2 unspecified atom stereocenters. The third-order valence-corrected chi connectivity index (χ3v) is 4.40. The molecule has 2 atom stereocenters. The van der Waals surface area contributed by atoms with E-state index in [1.54, 1.807) is 6.20 Å². The Labute approximate surface area is 112 Å². The summed E-state index contributed by atoms with van der Waals surface area (Å²) in [5.74, 6) is -0.272. The molecule has 0 spiro atoms. The lowest BCUT2D eigenvalue weighted by Gasteiger charge is -2.29. The van der Waals surface area contributed by atoms with Crippen LogP contribution in [0.4, 0.5) is 0 Å². The molecule has 0 amide bonds. The SMILES string of the molecule is CCn1cc(CC2(C(=O)O)CCOC2C2CC2)cn1. The molecule has 0 radical (unpaired) electrons. The summed E-state index contributed by atoms with van der Waals surface area (Å²) < 4.78 is 7.59. The van der Waals surface area contributed by atoms with E-state index in [-0.39, 0.29) is 6.10 Å². The number of hydrogen-bond donors (Lipinski definition) is 1. The fraction of sp³-hybridized carbons (Fsp3) is 0.714. The van der Waals surface area contributed by atoms with Crippen molar-refractivity contribution >= 4 is 5.97 Å². The van der Waals surface area contributed by atoms with Gasteiger partial charge in [-0.15, -0.1) is 0 Å². The maximum Gasteiger partial charge on any atom is 0.312 e. The van der Waals surface area contributed by atoms with Gasteiger partial charge in [-0.2, -0.15) is 5.10 Å². The zero-order valence-corrected chi connectivity index (χ0v) is 11.2. The molecular weight excluding hydrogens is 244 g/mol. The molecule has 19 heavy (non-hydrogen) atoms. The van der Waals surface area contributed by atoms with Crippen LogP contribution >= 0.6 is 0 Å². The number of hydrogen-bond acceptors (Lipinski definition) is 3. The largest absolute Gasteiger partial charge is 0.481 e. The van der Waals surface area contributed by atoms with E-state index in [4.69, 9.17) is 4.74 Å². The molecule has 5 nitrogen and oxygen atoms in total. The molecule has 0 aromatic carbocycles. The van der Waals surface area contributed by atoms with Crippen LogP contribution in [0.1, 0.15) is 31.7 Å². The highest BCUT2D eigenvalue weighted by molar-refractivity contribution is 5.76. The van der Waals surface area contributed by atoms with Crippen LogP contribution in [0.15, 0.2) is 12.4 Å². The molecule has 1 saturated heterocycles. The summed E-state index contributed by atoms with van der Waals surface area (Å²) in [5, 5.41) is 14.0. The fourth-order valence-corrected chi connectivity index (χ4v) is 3.18. The summed E-state index contributed by atoms with van der Waals surface area (Å²) in [6.07, 6.45) is 6.98. The van der Waals surface area contributed by atoms with Crippen LogP contribution in [-0.2, 0) is 22.5 Å². The molecule has 1 aliphatic carbocycles. The summed E-state index contributed by atoms with van der Waals surface area (Å²) in [6.45, 7) is 3.40. The Morgan fingerprint density at radius 3 is 3.00 bits per heavy atom. The van der Waals surface area contributed by atoms with E-state index in [2.05, 4.69) is 5.10 Å². The van der Waals surface area contributed by atoms with Crippen molar-refractivity contribution in [2.45, 2.75) is 45.3 Å². The number of ether oxygens (including phenoxy) is 1. The second kappa shape index (κ2) is 4.63. The zero-order valence-electron chi connectivity index (χ0n) is 11.2. The van der Waals surface area contributed by atoms with Gasteiger partial charge in [-0.05, 0) is 44.1 Å². The molecule has 1 aromatic heterocycles. The summed E-state index contributed by atoms with van der Waals surface area (Å²) in [6, 6.07) is 0. The molecule has 2 heterocycles. The lowest BCUT2D eigenvalue weighted by molar-refractivity contribution is -0.153. The van der Waals surface area contributed by atoms with Gasteiger partial charge in [-0.25, -0.2) is 0 Å². The normalized spacial score (nSPS) is 30.7. The predicted molar refractivity (Wildman–Crippen MR) is 68.8 cm³/mol. The van der Waals surface area contributed by atoms with Crippen LogP contribution in [0, 0.1) is 11.3 Å². The second-order valence-corrected chi connectivity index (χ2v) is 5.72. The molecule has 104 valence electrons. The minimum Gasteiger partial charge on any atom is -0.481 e.